The third kappa shape index (κ3) is 5.36. The van der Waals surface area contributed by atoms with E-state index in [4.69, 9.17) is 5.11 Å². The maximum atomic E-state index is 8.83. The highest BCUT2D eigenvalue weighted by Gasteiger charge is 2.00. The summed E-state index contributed by atoms with van der Waals surface area (Å²) in [6.45, 7) is 6.79. The summed E-state index contributed by atoms with van der Waals surface area (Å²) in [5, 5.41) is 8.83. The summed E-state index contributed by atoms with van der Waals surface area (Å²) < 4.78 is 0. The monoisotopic (exact) mass is 170 g/mol. The van der Waals surface area contributed by atoms with E-state index in [9.17, 15) is 0 Å². The molecule has 1 N–H and O–H groups in total. The zero-order chi connectivity index (χ0) is 9.40. The molecule has 0 rings (SSSR count). The molecule has 0 bridgehead atoms. The lowest BCUT2D eigenvalue weighted by molar-refractivity contribution is 0.230. The van der Waals surface area contributed by atoms with Crippen molar-refractivity contribution in [3.63, 3.8) is 0 Å². The van der Waals surface area contributed by atoms with E-state index in [1.807, 2.05) is 0 Å². The van der Waals surface area contributed by atoms with E-state index in [1.165, 1.54) is 5.57 Å². The van der Waals surface area contributed by atoms with E-state index in [2.05, 4.69) is 26.8 Å². The lowest BCUT2D eigenvalue weighted by atomic mass is 10.00. The summed E-state index contributed by atoms with van der Waals surface area (Å²) in [4.78, 5) is 0. The van der Waals surface area contributed by atoms with Crippen LogP contribution in [0.1, 0.15) is 46.5 Å². The molecule has 72 valence electrons. The maximum absolute atomic E-state index is 8.83. The van der Waals surface area contributed by atoms with Crippen molar-refractivity contribution in [1.29, 1.82) is 0 Å². The molecule has 0 saturated carbocycles. The van der Waals surface area contributed by atoms with Crippen LogP contribution in [0.5, 0.6) is 0 Å². The largest absolute Gasteiger partial charge is 0.396 e. The standard InChI is InChI=1S/C11H22O/c1-4-6-11(5-2)8-7-10(3)9-12/h6,10,12H,4-5,7-9H2,1-3H3/b11-6-. The van der Waals surface area contributed by atoms with E-state index in [1.54, 1.807) is 0 Å². The first-order chi connectivity index (χ1) is 5.74. The molecule has 0 radical (unpaired) electrons. The molecule has 0 aliphatic rings. The lowest BCUT2D eigenvalue weighted by Gasteiger charge is -2.08. The van der Waals surface area contributed by atoms with Gasteiger partial charge in [-0.25, -0.2) is 0 Å². The molecule has 12 heavy (non-hydrogen) atoms. The smallest absolute Gasteiger partial charge is 0.0456 e. The first-order valence-corrected chi connectivity index (χ1v) is 5.03. The first-order valence-electron chi connectivity index (χ1n) is 5.03. The lowest BCUT2D eigenvalue weighted by Crippen LogP contribution is -2.00. The van der Waals surface area contributed by atoms with Crippen molar-refractivity contribution in [2.75, 3.05) is 6.61 Å². The van der Waals surface area contributed by atoms with Crippen molar-refractivity contribution in [1.82, 2.24) is 0 Å². The van der Waals surface area contributed by atoms with E-state index in [0.717, 1.165) is 25.7 Å². The third-order valence-electron chi connectivity index (χ3n) is 2.22. The Kier molecular flexibility index (Phi) is 7.17. The van der Waals surface area contributed by atoms with Crippen LogP contribution in [0.3, 0.4) is 0 Å². The number of hydrogen-bond acceptors (Lipinski definition) is 1. The van der Waals surface area contributed by atoms with Gasteiger partial charge in [0.1, 0.15) is 0 Å². The summed E-state index contributed by atoms with van der Waals surface area (Å²) in [7, 11) is 0. The zero-order valence-corrected chi connectivity index (χ0v) is 8.64. The van der Waals surface area contributed by atoms with Crippen molar-refractivity contribution < 1.29 is 5.11 Å². The minimum absolute atomic E-state index is 0.323. The van der Waals surface area contributed by atoms with Gasteiger partial charge in [0.05, 0.1) is 0 Å². The highest BCUT2D eigenvalue weighted by atomic mass is 16.3. The van der Waals surface area contributed by atoms with Crippen molar-refractivity contribution in [3.8, 4) is 0 Å². The first kappa shape index (κ1) is 11.7. The van der Waals surface area contributed by atoms with E-state index in [0.29, 0.717) is 12.5 Å². The van der Waals surface area contributed by atoms with Crippen LogP contribution < -0.4 is 0 Å². The number of aliphatic hydroxyl groups is 1. The molecule has 0 aromatic carbocycles. The van der Waals surface area contributed by atoms with Gasteiger partial charge in [-0.1, -0.05) is 32.4 Å². The van der Waals surface area contributed by atoms with Gasteiger partial charge >= 0.3 is 0 Å². The van der Waals surface area contributed by atoms with Crippen LogP contribution in [-0.4, -0.2) is 11.7 Å². The van der Waals surface area contributed by atoms with Gasteiger partial charge in [-0.15, -0.1) is 0 Å². The molecule has 0 fully saturated rings. The highest BCUT2D eigenvalue weighted by Crippen LogP contribution is 2.14. The number of aliphatic hydroxyl groups excluding tert-OH is 1. The second kappa shape index (κ2) is 7.35. The molecule has 1 unspecified atom stereocenters. The van der Waals surface area contributed by atoms with Crippen LogP contribution in [0.4, 0.5) is 0 Å². The molecule has 0 aliphatic carbocycles. The average Bonchev–Trinajstić information content (AvgIpc) is 2.11. The molecule has 0 spiro atoms. The van der Waals surface area contributed by atoms with Gasteiger partial charge in [0.15, 0.2) is 0 Å². The average molecular weight is 170 g/mol. The molecule has 0 aromatic heterocycles. The van der Waals surface area contributed by atoms with E-state index >= 15 is 0 Å². The molecule has 1 heteroatoms. The van der Waals surface area contributed by atoms with Crippen LogP contribution in [0.2, 0.25) is 0 Å². The Labute approximate surface area is 76.5 Å². The molecule has 0 aliphatic heterocycles. The van der Waals surface area contributed by atoms with E-state index < -0.39 is 0 Å². The van der Waals surface area contributed by atoms with Gasteiger partial charge < -0.3 is 5.11 Å². The molecular weight excluding hydrogens is 148 g/mol. The van der Waals surface area contributed by atoms with Crippen LogP contribution in [0.15, 0.2) is 11.6 Å². The summed E-state index contributed by atoms with van der Waals surface area (Å²) in [5.41, 5.74) is 1.54. The fourth-order valence-electron chi connectivity index (χ4n) is 1.23. The Morgan fingerprint density at radius 2 is 2.08 bits per heavy atom. The molecule has 0 heterocycles. The molecular formula is C11H22O. The number of hydrogen-bond donors (Lipinski definition) is 1. The van der Waals surface area contributed by atoms with Crippen LogP contribution in [-0.2, 0) is 0 Å². The van der Waals surface area contributed by atoms with Crippen molar-refractivity contribution >= 4 is 0 Å². The predicted octanol–water partition coefficient (Wildman–Crippen LogP) is 3.14. The Morgan fingerprint density at radius 1 is 1.42 bits per heavy atom. The summed E-state index contributed by atoms with van der Waals surface area (Å²) >= 11 is 0. The van der Waals surface area contributed by atoms with Gasteiger partial charge in [-0.3, -0.25) is 0 Å². The molecule has 0 saturated heterocycles. The van der Waals surface area contributed by atoms with Crippen molar-refractivity contribution in [3.05, 3.63) is 11.6 Å². The second-order valence-corrected chi connectivity index (χ2v) is 3.45. The minimum Gasteiger partial charge on any atom is -0.396 e. The minimum atomic E-state index is 0.323. The SMILES string of the molecule is CC/C=C(/CC)CCC(C)CO. The van der Waals surface area contributed by atoms with Gasteiger partial charge in [0.25, 0.3) is 0 Å². The second-order valence-electron chi connectivity index (χ2n) is 3.45. The van der Waals surface area contributed by atoms with Crippen LogP contribution >= 0.6 is 0 Å². The van der Waals surface area contributed by atoms with Gasteiger partial charge in [0.2, 0.25) is 0 Å². The molecule has 1 nitrogen and oxygen atoms in total. The highest BCUT2D eigenvalue weighted by molar-refractivity contribution is 5.00. The fourth-order valence-corrected chi connectivity index (χ4v) is 1.23. The molecule has 0 amide bonds. The van der Waals surface area contributed by atoms with Crippen molar-refractivity contribution in [2.24, 2.45) is 5.92 Å². The molecule has 1 atom stereocenters. The Hall–Kier alpha value is -0.300. The molecule has 0 aromatic rings. The third-order valence-corrected chi connectivity index (χ3v) is 2.22. The Bertz CT molecular complexity index is 127. The normalized spacial score (nSPS) is 14.8. The summed E-state index contributed by atoms with van der Waals surface area (Å²) in [5.74, 6) is 0.455. The number of allylic oxidation sites excluding steroid dienone is 2. The van der Waals surface area contributed by atoms with Gasteiger partial charge in [-0.2, -0.15) is 0 Å². The van der Waals surface area contributed by atoms with Gasteiger partial charge in [0, 0.05) is 6.61 Å². The Morgan fingerprint density at radius 3 is 2.50 bits per heavy atom. The van der Waals surface area contributed by atoms with Gasteiger partial charge in [-0.05, 0) is 31.6 Å². The zero-order valence-electron chi connectivity index (χ0n) is 8.64. The Balaban J connectivity index is 3.65. The quantitative estimate of drug-likeness (QED) is 0.607. The fraction of sp³-hybridized carbons (Fsp3) is 0.818. The van der Waals surface area contributed by atoms with E-state index in [-0.39, 0.29) is 0 Å². The summed E-state index contributed by atoms with van der Waals surface area (Å²) in [6.07, 6.45) is 6.88. The summed E-state index contributed by atoms with van der Waals surface area (Å²) in [6, 6.07) is 0. The van der Waals surface area contributed by atoms with Crippen molar-refractivity contribution in [2.45, 2.75) is 46.5 Å². The predicted molar refractivity (Wildman–Crippen MR) is 54.1 cm³/mol. The maximum Gasteiger partial charge on any atom is 0.0456 e. The topological polar surface area (TPSA) is 20.2 Å². The van der Waals surface area contributed by atoms with Crippen LogP contribution in [0.25, 0.3) is 0 Å². The van der Waals surface area contributed by atoms with Crippen LogP contribution in [0, 0.1) is 5.92 Å². The number of rotatable bonds is 6.